The second kappa shape index (κ2) is 6.38. The Kier molecular flexibility index (Phi) is 4.58. The van der Waals surface area contributed by atoms with Gasteiger partial charge in [-0.25, -0.2) is 4.79 Å². The first-order valence-electron chi connectivity index (χ1n) is 5.75. The summed E-state index contributed by atoms with van der Waals surface area (Å²) in [6.45, 7) is 0.326. The van der Waals surface area contributed by atoms with E-state index < -0.39 is 0 Å². The van der Waals surface area contributed by atoms with Gasteiger partial charge in [-0.3, -0.25) is 0 Å². The lowest BCUT2D eigenvalue weighted by atomic mass is 10.1. The molecular weight excluding hydrogens is 308 g/mol. The molecule has 2 rings (SSSR count). The third kappa shape index (κ3) is 3.58. The highest BCUT2D eigenvalue weighted by atomic mass is 79.9. The number of hydrogen-bond donors (Lipinski definition) is 0. The topological polar surface area (TPSA) is 35.5 Å². The second-order valence-corrected chi connectivity index (χ2v) is 4.81. The van der Waals surface area contributed by atoms with E-state index in [-0.39, 0.29) is 5.97 Å². The number of ether oxygens (including phenoxy) is 2. The summed E-state index contributed by atoms with van der Waals surface area (Å²) in [6.07, 6.45) is 0. The average molecular weight is 321 g/mol. The Morgan fingerprint density at radius 2 is 1.79 bits per heavy atom. The van der Waals surface area contributed by atoms with E-state index >= 15 is 0 Å². The van der Waals surface area contributed by atoms with Gasteiger partial charge in [-0.1, -0.05) is 34.1 Å². The fourth-order valence-electron chi connectivity index (χ4n) is 1.65. The van der Waals surface area contributed by atoms with Crippen molar-refractivity contribution in [3.63, 3.8) is 0 Å². The molecule has 0 spiro atoms. The monoisotopic (exact) mass is 320 g/mol. The molecule has 0 radical (unpaired) electrons. The number of methoxy groups -OCH3 is 1. The van der Waals surface area contributed by atoms with Crippen molar-refractivity contribution in [3.8, 4) is 5.75 Å². The van der Waals surface area contributed by atoms with E-state index in [4.69, 9.17) is 9.47 Å². The fraction of sp³-hybridized carbons (Fsp3) is 0.133. The minimum Gasteiger partial charge on any atom is -0.489 e. The van der Waals surface area contributed by atoms with Crippen LogP contribution in [0.5, 0.6) is 5.75 Å². The molecule has 4 heteroatoms. The Morgan fingerprint density at radius 3 is 2.47 bits per heavy atom. The molecule has 0 atom stereocenters. The van der Waals surface area contributed by atoms with Crippen molar-refractivity contribution in [1.29, 1.82) is 0 Å². The maximum Gasteiger partial charge on any atom is 0.338 e. The van der Waals surface area contributed by atoms with Crippen LogP contribution in [0.4, 0.5) is 0 Å². The maximum absolute atomic E-state index is 11.6. The minimum absolute atomic E-state index is 0.326. The molecular formula is C15H13BrO3. The van der Waals surface area contributed by atoms with Crippen LogP contribution in [0.15, 0.2) is 53.0 Å². The van der Waals surface area contributed by atoms with E-state index in [1.54, 1.807) is 12.1 Å². The fourth-order valence-corrected chi connectivity index (χ4v) is 1.91. The van der Waals surface area contributed by atoms with Gasteiger partial charge < -0.3 is 9.47 Å². The van der Waals surface area contributed by atoms with E-state index in [1.165, 1.54) is 7.11 Å². The lowest BCUT2D eigenvalue weighted by Gasteiger charge is -2.09. The zero-order valence-electron chi connectivity index (χ0n) is 10.4. The zero-order chi connectivity index (χ0) is 13.7. The first kappa shape index (κ1) is 13.6. The van der Waals surface area contributed by atoms with E-state index in [0.29, 0.717) is 12.2 Å². The van der Waals surface area contributed by atoms with Crippen LogP contribution >= 0.6 is 15.9 Å². The van der Waals surface area contributed by atoms with Crippen molar-refractivity contribution < 1.29 is 14.3 Å². The summed E-state index contributed by atoms with van der Waals surface area (Å²) in [6, 6.07) is 14.8. The number of rotatable bonds is 4. The van der Waals surface area contributed by atoms with E-state index in [0.717, 1.165) is 15.8 Å². The van der Waals surface area contributed by atoms with Gasteiger partial charge in [0.2, 0.25) is 0 Å². The summed E-state index contributed by atoms with van der Waals surface area (Å²) >= 11 is 3.36. The van der Waals surface area contributed by atoms with Gasteiger partial charge in [0.1, 0.15) is 12.4 Å². The number of carbonyl (C=O) groups excluding carboxylic acids is 1. The van der Waals surface area contributed by atoms with Gasteiger partial charge in [0.25, 0.3) is 0 Å². The lowest BCUT2D eigenvalue weighted by Crippen LogP contribution is -2.07. The quantitative estimate of drug-likeness (QED) is 0.803. The van der Waals surface area contributed by atoms with E-state index in [9.17, 15) is 4.79 Å². The molecule has 98 valence electrons. The molecule has 0 aromatic heterocycles. The van der Waals surface area contributed by atoms with Crippen molar-refractivity contribution in [2.75, 3.05) is 7.11 Å². The predicted octanol–water partition coefficient (Wildman–Crippen LogP) is 3.81. The SMILES string of the molecule is COC(=O)c1ccccc1COc1ccc(Br)cc1. The molecule has 0 fully saturated rings. The zero-order valence-corrected chi connectivity index (χ0v) is 12.0. The number of benzene rings is 2. The van der Waals surface area contributed by atoms with Crippen LogP contribution < -0.4 is 4.74 Å². The molecule has 0 heterocycles. The van der Waals surface area contributed by atoms with Gasteiger partial charge in [0.15, 0.2) is 0 Å². The molecule has 0 amide bonds. The molecule has 2 aromatic rings. The largest absolute Gasteiger partial charge is 0.489 e. The van der Waals surface area contributed by atoms with Gasteiger partial charge in [-0.2, -0.15) is 0 Å². The van der Waals surface area contributed by atoms with E-state index in [1.807, 2.05) is 36.4 Å². The Balaban J connectivity index is 2.11. The van der Waals surface area contributed by atoms with E-state index in [2.05, 4.69) is 15.9 Å². The second-order valence-electron chi connectivity index (χ2n) is 3.89. The van der Waals surface area contributed by atoms with Crippen LogP contribution in [0.1, 0.15) is 15.9 Å². The van der Waals surface area contributed by atoms with Gasteiger partial charge in [0, 0.05) is 10.0 Å². The van der Waals surface area contributed by atoms with Crippen LogP contribution in [0.25, 0.3) is 0 Å². The van der Waals surface area contributed by atoms with Crippen molar-refractivity contribution in [2.45, 2.75) is 6.61 Å². The highest BCUT2D eigenvalue weighted by Crippen LogP contribution is 2.18. The summed E-state index contributed by atoms with van der Waals surface area (Å²) in [7, 11) is 1.37. The lowest BCUT2D eigenvalue weighted by molar-refractivity contribution is 0.0597. The molecule has 2 aromatic carbocycles. The Morgan fingerprint density at radius 1 is 1.11 bits per heavy atom. The minimum atomic E-state index is -0.352. The Labute approximate surface area is 120 Å². The maximum atomic E-state index is 11.6. The first-order chi connectivity index (χ1) is 9.20. The molecule has 0 N–H and O–H groups in total. The van der Waals surface area contributed by atoms with Crippen LogP contribution in [-0.2, 0) is 11.3 Å². The van der Waals surface area contributed by atoms with Crippen LogP contribution in [0, 0.1) is 0 Å². The number of esters is 1. The number of carbonyl (C=O) groups is 1. The van der Waals surface area contributed by atoms with Crippen molar-refractivity contribution in [3.05, 3.63) is 64.1 Å². The highest BCUT2D eigenvalue weighted by molar-refractivity contribution is 9.10. The highest BCUT2D eigenvalue weighted by Gasteiger charge is 2.11. The van der Waals surface area contributed by atoms with Crippen molar-refractivity contribution in [1.82, 2.24) is 0 Å². The number of hydrogen-bond acceptors (Lipinski definition) is 3. The summed E-state index contributed by atoms with van der Waals surface area (Å²) in [5, 5.41) is 0. The van der Waals surface area contributed by atoms with Crippen molar-refractivity contribution >= 4 is 21.9 Å². The molecule has 0 saturated carbocycles. The molecule has 0 aliphatic heterocycles. The molecule has 3 nitrogen and oxygen atoms in total. The normalized spacial score (nSPS) is 10.0. The standard InChI is InChI=1S/C15H13BrO3/c1-18-15(17)14-5-3-2-4-11(14)10-19-13-8-6-12(16)7-9-13/h2-9H,10H2,1H3. The smallest absolute Gasteiger partial charge is 0.338 e. The third-order valence-electron chi connectivity index (χ3n) is 2.63. The summed E-state index contributed by atoms with van der Waals surface area (Å²) < 4.78 is 11.4. The van der Waals surface area contributed by atoms with Crippen LogP contribution in [-0.4, -0.2) is 13.1 Å². The predicted molar refractivity (Wildman–Crippen MR) is 76.3 cm³/mol. The van der Waals surface area contributed by atoms with Crippen LogP contribution in [0.2, 0.25) is 0 Å². The molecule has 0 saturated heterocycles. The molecule has 0 aliphatic rings. The van der Waals surface area contributed by atoms with Gasteiger partial charge in [-0.15, -0.1) is 0 Å². The summed E-state index contributed by atoms with van der Waals surface area (Å²) in [5.41, 5.74) is 1.33. The molecule has 0 aliphatic carbocycles. The average Bonchev–Trinajstić information content (AvgIpc) is 2.46. The van der Waals surface area contributed by atoms with Crippen molar-refractivity contribution in [2.24, 2.45) is 0 Å². The van der Waals surface area contributed by atoms with Gasteiger partial charge in [0.05, 0.1) is 12.7 Å². The van der Waals surface area contributed by atoms with Gasteiger partial charge >= 0.3 is 5.97 Å². The third-order valence-corrected chi connectivity index (χ3v) is 3.16. The molecule has 0 unspecified atom stereocenters. The number of halogens is 1. The molecule has 0 bridgehead atoms. The first-order valence-corrected chi connectivity index (χ1v) is 6.54. The summed E-state index contributed by atoms with van der Waals surface area (Å²) in [5.74, 6) is 0.401. The summed E-state index contributed by atoms with van der Waals surface area (Å²) in [4.78, 5) is 11.6. The Bertz CT molecular complexity index is 564. The van der Waals surface area contributed by atoms with Crippen LogP contribution in [0.3, 0.4) is 0 Å². The molecule has 19 heavy (non-hydrogen) atoms. The Hall–Kier alpha value is -1.81. The van der Waals surface area contributed by atoms with Gasteiger partial charge in [-0.05, 0) is 30.3 Å².